The minimum absolute atomic E-state index is 0.217. The van der Waals surface area contributed by atoms with Crippen LogP contribution in [0.2, 0.25) is 0 Å². The fourth-order valence-corrected chi connectivity index (χ4v) is 2.43. The van der Waals surface area contributed by atoms with Crippen molar-refractivity contribution in [3.8, 4) is 5.75 Å². The number of carboxylic acid groups (broad SMARTS) is 1. The lowest BCUT2D eigenvalue weighted by Gasteiger charge is -2.27. The van der Waals surface area contributed by atoms with Crippen LogP contribution in [0.4, 0.5) is 0 Å². The van der Waals surface area contributed by atoms with Crippen LogP contribution in [0.15, 0.2) is 42.5 Å². The van der Waals surface area contributed by atoms with Gasteiger partial charge in [-0.25, -0.2) is 0 Å². The van der Waals surface area contributed by atoms with Gasteiger partial charge < -0.3 is 10.2 Å². The van der Waals surface area contributed by atoms with Gasteiger partial charge in [0.25, 0.3) is 0 Å². The standard InChI is InChI=1S/C17H18O3/c1-11-9-14(10-12(2)15(11)18)17(3,16(19)20)13-7-5-4-6-8-13/h4-10,18H,1-3H3,(H,19,20). The van der Waals surface area contributed by atoms with Crippen molar-refractivity contribution in [1.82, 2.24) is 0 Å². The maximum Gasteiger partial charge on any atom is 0.318 e. The molecule has 0 heterocycles. The number of hydrogen-bond acceptors (Lipinski definition) is 2. The molecule has 0 fully saturated rings. The number of benzene rings is 2. The number of hydrogen-bond donors (Lipinski definition) is 2. The molecule has 0 aliphatic carbocycles. The van der Waals surface area contributed by atoms with E-state index in [1.54, 1.807) is 32.9 Å². The number of phenols is 1. The van der Waals surface area contributed by atoms with Gasteiger partial charge in [-0.2, -0.15) is 0 Å². The second kappa shape index (κ2) is 5.00. The van der Waals surface area contributed by atoms with Gasteiger partial charge in [-0.3, -0.25) is 4.79 Å². The summed E-state index contributed by atoms with van der Waals surface area (Å²) < 4.78 is 0. The Labute approximate surface area is 118 Å². The highest BCUT2D eigenvalue weighted by molar-refractivity contribution is 5.85. The Hall–Kier alpha value is -2.29. The lowest BCUT2D eigenvalue weighted by Crippen LogP contribution is -2.33. The van der Waals surface area contributed by atoms with Crippen LogP contribution in [0.1, 0.15) is 29.2 Å². The second-order valence-electron chi connectivity index (χ2n) is 5.25. The van der Waals surface area contributed by atoms with Gasteiger partial charge in [0.1, 0.15) is 11.2 Å². The van der Waals surface area contributed by atoms with Gasteiger partial charge >= 0.3 is 5.97 Å². The first-order valence-electron chi connectivity index (χ1n) is 6.47. The number of aliphatic carboxylic acids is 1. The van der Waals surface area contributed by atoms with Crippen molar-refractivity contribution in [3.05, 3.63) is 64.7 Å². The van der Waals surface area contributed by atoms with Gasteiger partial charge in [0.05, 0.1) is 0 Å². The zero-order valence-corrected chi connectivity index (χ0v) is 11.8. The Kier molecular flexibility index (Phi) is 3.53. The van der Waals surface area contributed by atoms with Crippen LogP contribution < -0.4 is 0 Å². The van der Waals surface area contributed by atoms with Crippen molar-refractivity contribution in [2.24, 2.45) is 0 Å². The third-order valence-corrected chi connectivity index (χ3v) is 3.85. The summed E-state index contributed by atoms with van der Waals surface area (Å²) in [7, 11) is 0. The quantitative estimate of drug-likeness (QED) is 0.898. The van der Waals surface area contributed by atoms with Crippen LogP contribution in [-0.4, -0.2) is 16.2 Å². The first-order chi connectivity index (χ1) is 9.37. The van der Waals surface area contributed by atoms with Crippen LogP contribution in [-0.2, 0) is 10.2 Å². The molecule has 0 aromatic heterocycles. The number of carboxylic acids is 1. The zero-order valence-electron chi connectivity index (χ0n) is 11.8. The predicted molar refractivity (Wildman–Crippen MR) is 78.1 cm³/mol. The fourth-order valence-electron chi connectivity index (χ4n) is 2.43. The molecule has 3 heteroatoms. The van der Waals surface area contributed by atoms with Crippen molar-refractivity contribution in [3.63, 3.8) is 0 Å². The molecule has 0 bridgehead atoms. The average molecular weight is 270 g/mol. The molecule has 0 aliphatic heterocycles. The second-order valence-corrected chi connectivity index (χ2v) is 5.25. The molecule has 2 aromatic carbocycles. The minimum Gasteiger partial charge on any atom is -0.507 e. The molecule has 0 aliphatic rings. The summed E-state index contributed by atoms with van der Waals surface area (Å²) in [5.74, 6) is -0.692. The topological polar surface area (TPSA) is 57.5 Å². The molecule has 0 saturated heterocycles. The van der Waals surface area contributed by atoms with Crippen LogP contribution in [0.3, 0.4) is 0 Å². The Morgan fingerprint density at radius 3 is 1.95 bits per heavy atom. The summed E-state index contributed by atoms with van der Waals surface area (Å²) in [4.78, 5) is 11.9. The summed E-state index contributed by atoms with van der Waals surface area (Å²) in [5.41, 5.74) is 1.62. The van der Waals surface area contributed by atoms with Crippen molar-refractivity contribution in [2.45, 2.75) is 26.2 Å². The summed E-state index contributed by atoms with van der Waals surface area (Å²) in [5, 5.41) is 19.6. The summed E-state index contributed by atoms with van der Waals surface area (Å²) >= 11 is 0. The number of phenolic OH excluding ortho intramolecular Hbond substituents is 1. The number of aromatic hydroxyl groups is 1. The van der Waals surface area contributed by atoms with E-state index < -0.39 is 11.4 Å². The third kappa shape index (κ3) is 2.16. The molecule has 0 amide bonds. The van der Waals surface area contributed by atoms with Crippen molar-refractivity contribution >= 4 is 5.97 Å². The zero-order chi connectivity index (χ0) is 14.9. The Bertz CT molecular complexity index is 624. The van der Waals surface area contributed by atoms with Crippen LogP contribution in [0.25, 0.3) is 0 Å². The monoisotopic (exact) mass is 270 g/mol. The Morgan fingerprint density at radius 1 is 1.00 bits per heavy atom. The largest absolute Gasteiger partial charge is 0.507 e. The van der Waals surface area contributed by atoms with E-state index in [4.69, 9.17) is 0 Å². The maximum atomic E-state index is 11.9. The average Bonchev–Trinajstić information content (AvgIpc) is 2.44. The highest BCUT2D eigenvalue weighted by atomic mass is 16.4. The van der Waals surface area contributed by atoms with Gasteiger partial charge in [0.2, 0.25) is 0 Å². The van der Waals surface area contributed by atoms with Gasteiger partial charge in [-0.15, -0.1) is 0 Å². The first kappa shape index (κ1) is 14.1. The molecule has 1 atom stereocenters. The minimum atomic E-state index is -1.13. The summed E-state index contributed by atoms with van der Waals surface area (Å²) in [6.45, 7) is 5.24. The SMILES string of the molecule is Cc1cc(C(C)(C(=O)O)c2ccccc2)cc(C)c1O. The van der Waals surface area contributed by atoms with Crippen molar-refractivity contribution in [2.75, 3.05) is 0 Å². The fraction of sp³-hybridized carbons (Fsp3) is 0.235. The van der Waals surface area contributed by atoms with Crippen LogP contribution in [0, 0.1) is 13.8 Å². The lowest BCUT2D eigenvalue weighted by molar-refractivity contribution is -0.141. The molecule has 3 nitrogen and oxygen atoms in total. The highest BCUT2D eigenvalue weighted by Gasteiger charge is 2.37. The van der Waals surface area contributed by atoms with E-state index in [0.717, 1.165) is 5.56 Å². The normalized spacial score (nSPS) is 13.8. The number of carbonyl (C=O) groups is 1. The number of aryl methyl sites for hydroxylation is 2. The molecular weight excluding hydrogens is 252 g/mol. The molecule has 20 heavy (non-hydrogen) atoms. The molecule has 0 radical (unpaired) electrons. The van der Waals surface area contributed by atoms with Gasteiger partial charge in [0.15, 0.2) is 0 Å². The highest BCUT2D eigenvalue weighted by Crippen LogP contribution is 2.35. The lowest BCUT2D eigenvalue weighted by atomic mass is 9.75. The molecular formula is C17H18O3. The number of rotatable bonds is 3. The van der Waals surface area contributed by atoms with E-state index in [1.165, 1.54) is 0 Å². The van der Waals surface area contributed by atoms with Gasteiger partial charge in [-0.05, 0) is 43.0 Å². The molecule has 0 spiro atoms. The molecule has 104 valence electrons. The molecule has 0 saturated carbocycles. The van der Waals surface area contributed by atoms with E-state index in [9.17, 15) is 15.0 Å². The van der Waals surface area contributed by atoms with Crippen LogP contribution >= 0.6 is 0 Å². The first-order valence-corrected chi connectivity index (χ1v) is 6.47. The van der Waals surface area contributed by atoms with Crippen molar-refractivity contribution in [1.29, 1.82) is 0 Å². The van der Waals surface area contributed by atoms with E-state index in [0.29, 0.717) is 16.7 Å². The summed E-state index contributed by atoms with van der Waals surface area (Å²) in [6.07, 6.45) is 0. The Balaban J connectivity index is 2.69. The van der Waals surface area contributed by atoms with E-state index in [-0.39, 0.29) is 5.75 Å². The van der Waals surface area contributed by atoms with E-state index in [2.05, 4.69) is 0 Å². The molecule has 2 rings (SSSR count). The Morgan fingerprint density at radius 2 is 1.50 bits per heavy atom. The van der Waals surface area contributed by atoms with Gasteiger partial charge in [-0.1, -0.05) is 42.5 Å². The van der Waals surface area contributed by atoms with Crippen LogP contribution in [0.5, 0.6) is 5.75 Å². The molecule has 1 unspecified atom stereocenters. The smallest absolute Gasteiger partial charge is 0.318 e. The molecule has 2 N–H and O–H groups in total. The van der Waals surface area contributed by atoms with Crippen molar-refractivity contribution < 1.29 is 15.0 Å². The predicted octanol–water partition coefficient (Wildman–Crippen LogP) is 3.40. The van der Waals surface area contributed by atoms with E-state index in [1.807, 2.05) is 30.3 Å². The third-order valence-electron chi connectivity index (χ3n) is 3.85. The summed E-state index contributed by atoms with van der Waals surface area (Å²) in [6, 6.07) is 12.6. The van der Waals surface area contributed by atoms with Gasteiger partial charge in [0, 0.05) is 0 Å². The maximum absolute atomic E-state index is 11.9. The van der Waals surface area contributed by atoms with E-state index >= 15 is 0 Å². The molecule has 2 aromatic rings.